The molecule has 0 fully saturated rings. The minimum absolute atomic E-state index is 0.111. The third-order valence-corrected chi connectivity index (χ3v) is 4.92. The van der Waals surface area contributed by atoms with Crippen LogP contribution in [0, 0.1) is 0 Å². The summed E-state index contributed by atoms with van der Waals surface area (Å²) in [5.41, 5.74) is 2.24. The molecule has 1 aliphatic heterocycles. The van der Waals surface area contributed by atoms with E-state index < -0.39 is 0 Å². The van der Waals surface area contributed by atoms with Gasteiger partial charge in [-0.15, -0.1) is 0 Å². The van der Waals surface area contributed by atoms with Gasteiger partial charge in [-0.1, -0.05) is 72.0 Å². The molecule has 5 heteroatoms. The highest BCUT2D eigenvalue weighted by atomic mass is 32.1. The Labute approximate surface area is 142 Å². The monoisotopic (exact) mass is 335 g/mol. The maximum atomic E-state index is 12.7. The predicted molar refractivity (Wildman–Crippen MR) is 92.4 cm³/mol. The lowest BCUT2D eigenvalue weighted by Gasteiger charge is -2.23. The van der Waals surface area contributed by atoms with Crippen LogP contribution in [0.2, 0.25) is 0 Å². The number of rotatable bonds is 2. The predicted octanol–water partition coefficient (Wildman–Crippen LogP) is 3.61. The Kier molecular flexibility index (Phi) is 3.70. The zero-order valence-corrected chi connectivity index (χ0v) is 13.5. The minimum atomic E-state index is -0.363. The van der Waals surface area contributed by atoms with Gasteiger partial charge in [0, 0.05) is 11.5 Å². The molecular weight excluding hydrogens is 322 g/mol. The van der Waals surface area contributed by atoms with Gasteiger partial charge in [0.1, 0.15) is 5.01 Å². The molecule has 1 aromatic heterocycles. The van der Waals surface area contributed by atoms with E-state index in [4.69, 9.17) is 4.74 Å². The number of nitrogens with zero attached hydrogens (tertiary/aromatic N) is 1. The number of fused-ring (bicyclic) bond motifs is 1. The number of hydrogen-bond acceptors (Lipinski definition) is 5. The van der Waals surface area contributed by atoms with Crippen molar-refractivity contribution in [2.75, 3.05) is 0 Å². The SMILES string of the molecule is O=C1CC(c2ccccc2)c2c(nc(-c3ccccc3)sc2=O)O1. The highest BCUT2D eigenvalue weighted by Crippen LogP contribution is 2.37. The normalized spacial score (nSPS) is 16.3. The van der Waals surface area contributed by atoms with Crippen molar-refractivity contribution < 1.29 is 9.53 Å². The Balaban J connectivity index is 1.87. The lowest BCUT2D eigenvalue weighted by molar-refractivity contribution is -0.135. The van der Waals surface area contributed by atoms with Gasteiger partial charge in [0.05, 0.1) is 12.0 Å². The van der Waals surface area contributed by atoms with E-state index in [0.717, 1.165) is 22.5 Å². The molecule has 4 rings (SSSR count). The summed E-state index contributed by atoms with van der Waals surface area (Å²) < 4.78 is 5.17. The number of ether oxygens (including phenoxy) is 1. The molecule has 4 nitrogen and oxygen atoms in total. The molecule has 0 bridgehead atoms. The smallest absolute Gasteiger partial charge is 0.313 e. The van der Waals surface area contributed by atoms with Crippen molar-refractivity contribution in [3.05, 3.63) is 81.3 Å². The molecule has 2 heterocycles. The largest absolute Gasteiger partial charge is 0.407 e. The van der Waals surface area contributed by atoms with Crippen molar-refractivity contribution in [3.63, 3.8) is 0 Å². The fourth-order valence-electron chi connectivity index (χ4n) is 2.87. The van der Waals surface area contributed by atoms with Crippen LogP contribution in [-0.4, -0.2) is 11.0 Å². The topological polar surface area (TPSA) is 56.3 Å². The first kappa shape index (κ1) is 14.8. The van der Waals surface area contributed by atoms with E-state index >= 15 is 0 Å². The van der Waals surface area contributed by atoms with Crippen molar-refractivity contribution >= 4 is 17.3 Å². The first-order chi connectivity index (χ1) is 11.7. The fraction of sp³-hybridized carbons (Fsp3) is 0.105. The van der Waals surface area contributed by atoms with Crippen molar-refractivity contribution in [1.29, 1.82) is 0 Å². The maximum absolute atomic E-state index is 12.7. The Morgan fingerprint density at radius 2 is 1.62 bits per heavy atom. The van der Waals surface area contributed by atoms with E-state index in [2.05, 4.69) is 4.98 Å². The summed E-state index contributed by atoms with van der Waals surface area (Å²) in [7, 11) is 0. The molecule has 1 unspecified atom stereocenters. The summed E-state index contributed by atoms with van der Waals surface area (Å²) in [6.45, 7) is 0. The summed E-state index contributed by atoms with van der Waals surface area (Å²) in [6.07, 6.45) is 0.158. The highest BCUT2D eigenvalue weighted by molar-refractivity contribution is 7.12. The molecule has 2 aromatic carbocycles. The standard InChI is InChI=1S/C19H13NO3S/c21-15-11-14(12-7-3-1-4-8-12)16-17(23-15)20-18(24-19(16)22)13-9-5-2-6-10-13/h1-10,14H,11H2. The van der Waals surface area contributed by atoms with Crippen LogP contribution < -0.4 is 9.48 Å². The number of carbonyl (C=O) groups excluding carboxylic acids is 1. The molecule has 0 N–H and O–H groups in total. The molecule has 118 valence electrons. The second-order valence-electron chi connectivity index (χ2n) is 5.53. The average Bonchev–Trinajstić information content (AvgIpc) is 2.62. The number of aromatic nitrogens is 1. The quantitative estimate of drug-likeness (QED) is 0.671. The molecule has 0 radical (unpaired) electrons. The summed E-state index contributed by atoms with van der Waals surface area (Å²) >= 11 is 1.09. The first-order valence-electron chi connectivity index (χ1n) is 7.58. The van der Waals surface area contributed by atoms with E-state index in [1.165, 1.54) is 0 Å². The molecule has 0 saturated heterocycles. The average molecular weight is 335 g/mol. The second-order valence-corrected chi connectivity index (χ2v) is 6.49. The number of carbonyl (C=O) groups is 1. The first-order valence-corrected chi connectivity index (χ1v) is 8.40. The van der Waals surface area contributed by atoms with Gasteiger partial charge in [0.2, 0.25) is 10.6 Å². The van der Waals surface area contributed by atoms with Gasteiger partial charge < -0.3 is 4.74 Å². The number of esters is 1. The van der Waals surface area contributed by atoms with Gasteiger partial charge in [-0.25, -0.2) is 4.98 Å². The van der Waals surface area contributed by atoms with Gasteiger partial charge >= 0.3 is 5.97 Å². The van der Waals surface area contributed by atoms with Gasteiger partial charge in [-0.2, -0.15) is 0 Å². The van der Waals surface area contributed by atoms with Crippen LogP contribution in [0.15, 0.2) is 65.5 Å². The summed E-state index contributed by atoms with van der Waals surface area (Å²) in [6, 6.07) is 19.0. The second kappa shape index (κ2) is 6.02. The Bertz CT molecular complexity index is 951. The van der Waals surface area contributed by atoms with Gasteiger partial charge in [-0.05, 0) is 5.56 Å². The molecule has 3 aromatic rings. The summed E-state index contributed by atoms with van der Waals surface area (Å²) in [4.78, 5) is 29.2. The van der Waals surface area contributed by atoms with Crippen LogP contribution in [-0.2, 0) is 4.79 Å². The molecule has 1 aliphatic rings. The lowest BCUT2D eigenvalue weighted by atomic mass is 9.89. The molecule has 1 atom stereocenters. The van der Waals surface area contributed by atoms with E-state index in [0.29, 0.717) is 10.6 Å². The Morgan fingerprint density at radius 1 is 0.958 bits per heavy atom. The highest BCUT2D eigenvalue weighted by Gasteiger charge is 2.32. The maximum Gasteiger partial charge on any atom is 0.313 e. The van der Waals surface area contributed by atoms with E-state index in [-0.39, 0.29) is 28.9 Å². The van der Waals surface area contributed by atoms with E-state index in [1.54, 1.807) is 0 Å². The Hall–Kier alpha value is -2.79. The van der Waals surface area contributed by atoms with Crippen molar-refractivity contribution in [2.24, 2.45) is 0 Å². The van der Waals surface area contributed by atoms with Crippen LogP contribution in [0.1, 0.15) is 23.5 Å². The molecule has 0 aliphatic carbocycles. The van der Waals surface area contributed by atoms with Crippen molar-refractivity contribution in [1.82, 2.24) is 4.98 Å². The molecular formula is C19H13NO3S. The zero-order chi connectivity index (χ0) is 16.5. The fourth-order valence-corrected chi connectivity index (χ4v) is 3.76. The van der Waals surface area contributed by atoms with Gasteiger partial charge in [-0.3, -0.25) is 9.59 Å². The Morgan fingerprint density at radius 3 is 2.33 bits per heavy atom. The third-order valence-electron chi connectivity index (χ3n) is 4.00. The van der Waals surface area contributed by atoms with Crippen LogP contribution in [0.25, 0.3) is 10.6 Å². The van der Waals surface area contributed by atoms with Crippen LogP contribution in [0.4, 0.5) is 0 Å². The van der Waals surface area contributed by atoms with Gasteiger partial charge in [0.25, 0.3) is 0 Å². The zero-order valence-electron chi connectivity index (χ0n) is 12.6. The molecule has 0 amide bonds. The van der Waals surface area contributed by atoms with Crippen LogP contribution in [0.3, 0.4) is 0 Å². The van der Waals surface area contributed by atoms with Crippen molar-refractivity contribution in [3.8, 4) is 16.5 Å². The summed E-state index contributed by atoms with van der Waals surface area (Å²) in [5.74, 6) is -0.523. The molecule has 0 saturated carbocycles. The van der Waals surface area contributed by atoms with E-state index in [9.17, 15) is 9.59 Å². The van der Waals surface area contributed by atoms with Crippen LogP contribution in [0.5, 0.6) is 5.88 Å². The summed E-state index contributed by atoms with van der Waals surface area (Å²) in [5, 5.41) is 0.556. The third kappa shape index (κ3) is 2.63. The molecule has 24 heavy (non-hydrogen) atoms. The molecule has 0 spiro atoms. The number of benzene rings is 2. The number of hydrogen-bond donors (Lipinski definition) is 0. The minimum Gasteiger partial charge on any atom is -0.407 e. The lowest BCUT2D eigenvalue weighted by Crippen LogP contribution is -2.26. The van der Waals surface area contributed by atoms with E-state index in [1.807, 2.05) is 60.7 Å². The van der Waals surface area contributed by atoms with Crippen LogP contribution >= 0.6 is 11.3 Å². The van der Waals surface area contributed by atoms with Gasteiger partial charge in [0.15, 0.2) is 0 Å². The van der Waals surface area contributed by atoms with Crippen molar-refractivity contribution in [2.45, 2.75) is 12.3 Å².